The summed E-state index contributed by atoms with van der Waals surface area (Å²) in [6, 6.07) is 10.4. The minimum absolute atomic E-state index is 0.335. The second-order valence-corrected chi connectivity index (χ2v) is 8.36. The number of hydrogen-bond acceptors (Lipinski definition) is 5. The van der Waals surface area contributed by atoms with Crippen LogP contribution in [0.3, 0.4) is 0 Å². The van der Waals surface area contributed by atoms with Gasteiger partial charge in [-0.15, -0.1) is 0 Å². The van der Waals surface area contributed by atoms with Gasteiger partial charge < -0.3 is 9.30 Å². The van der Waals surface area contributed by atoms with Crippen molar-refractivity contribution in [3.63, 3.8) is 0 Å². The number of ether oxygens (including phenoxy) is 1. The number of carbonyl (C=O) groups is 4. The first-order valence-corrected chi connectivity index (χ1v) is 10.8. The molecule has 0 bridgehead atoms. The molecular weight excluding hydrogens is 408 g/mol. The smallest absolute Gasteiger partial charge is 0.329 e. The first-order chi connectivity index (χ1) is 15.3. The zero-order valence-electron chi connectivity index (χ0n) is 18.4. The van der Waals surface area contributed by atoms with Gasteiger partial charge in [-0.05, 0) is 51.8 Å². The van der Waals surface area contributed by atoms with Crippen LogP contribution in [0.4, 0.5) is 0 Å². The molecule has 166 valence electrons. The molecule has 4 rings (SSSR count). The van der Waals surface area contributed by atoms with Crippen molar-refractivity contribution in [2.45, 2.75) is 39.7 Å². The number of carbonyl (C=O) groups excluding carboxylic acids is 4. The summed E-state index contributed by atoms with van der Waals surface area (Å²) in [5, 5.41) is 0. The third kappa shape index (κ3) is 3.68. The van der Waals surface area contributed by atoms with E-state index in [1.54, 1.807) is 6.07 Å². The number of benzene rings is 1. The van der Waals surface area contributed by atoms with E-state index in [9.17, 15) is 19.2 Å². The highest BCUT2D eigenvalue weighted by Gasteiger charge is 2.50. The van der Waals surface area contributed by atoms with Gasteiger partial charge in [-0.25, -0.2) is 4.79 Å². The summed E-state index contributed by atoms with van der Waals surface area (Å²) in [4.78, 5) is 51.7. The molecule has 0 saturated carbocycles. The molecule has 0 spiro atoms. The second-order valence-electron chi connectivity index (χ2n) is 8.36. The molecule has 32 heavy (non-hydrogen) atoms. The van der Waals surface area contributed by atoms with Crippen molar-refractivity contribution >= 4 is 23.6 Å². The van der Waals surface area contributed by atoms with E-state index >= 15 is 0 Å². The summed E-state index contributed by atoms with van der Waals surface area (Å²) in [5.41, 5.74) is 3.05. The molecule has 2 amide bonds. The maximum absolute atomic E-state index is 12.8. The molecule has 1 fully saturated rings. The number of aromatic nitrogens is 1. The van der Waals surface area contributed by atoms with Crippen LogP contribution in [-0.2, 0) is 19.1 Å². The van der Waals surface area contributed by atoms with Gasteiger partial charge in [0, 0.05) is 22.6 Å². The molecular formula is C25H26N2O5. The van der Waals surface area contributed by atoms with Crippen molar-refractivity contribution in [2.75, 3.05) is 6.61 Å². The predicted octanol–water partition coefficient (Wildman–Crippen LogP) is 3.16. The first kappa shape index (κ1) is 21.7. The lowest BCUT2D eigenvalue weighted by molar-refractivity contribution is -0.157. The summed E-state index contributed by atoms with van der Waals surface area (Å²) in [7, 11) is 0. The van der Waals surface area contributed by atoms with Crippen molar-refractivity contribution in [3.8, 4) is 5.69 Å². The van der Waals surface area contributed by atoms with Crippen LogP contribution in [0.5, 0.6) is 0 Å². The highest BCUT2D eigenvalue weighted by molar-refractivity contribution is 6.08. The number of esters is 1. The largest absolute Gasteiger partial charge is 0.456 e. The zero-order valence-corrected chi connectivity index (χ0v) is 18.4. The van der Waals surface area contributed by atoms with Crippen molar-refractivity contribution in [1.29, 1.82) is 0 Å². The van der Waals surface area contributed by atoms with Gasteiger partial charge in [0.15, 0.2) is 6.61 Å². The number of para-hydroxylation sites is 1. The van der Waals surface area contributed by atoms with Crippen LogP contribution in [-0.4, -0.2) is 45.7 Å². The van der Waals surface area contributed by atoms with Crippen LogP contribution < -0.4 is 0 Å². The van der Waals surface area contributed by atoms with E-state index in [0.29, 0.717) is 18.4 Å². The maximum atomic E-state index is 12.8. The number of amides is 2. The molecule has 3 atom stereocenters. The minimum Gasteiger partial charge on any atom is -0.456 e. The number of imide groups is 1. The Labute approximate surface area is 186 Å². The van der Waals surface area contributed by atoms with Crippen molar-refractivity contribution < 1.29 is 23.9 Å². The highest BCUT2D eigenvalue weighted by Crippen LogP contribution is 2.36. The van der Waals surface area contributed by atoms with Gasteiger partial charge >= 0.3 is 5.97 Å². The number of nitrogens with zero attached hydrogens (tertiary/aromatic N) is 2. The van der Waals surface area contributed by atoms with Gasteiger partial charge in [0.25, 0.3) is 0 Å². The van der Waals surface area contributed by atoms with Crippen LogP contribution in [0.25, 0.3) is 5.69 Å². The quantitative estimate of drug-likeness (QED) is 0.302. The number of fused-ring (bicyclic) bond motifs is 1. The summed E-state index contributed by atoms with van der Waals surface area (Å²) in [6.45, 7) is 4.76. The van der Waals surface area contributed by atoms with Crippen LogP contribution >= 0.6 is 0 Å². The molecule has 2 heterocycles. The Morgan fingerprint density at radius 1 is 1.03 bits per heavy atom. The topological polar surface area (TPSA) is 85.7 Å². The first-order valence-electron chi connectivity index (χ1n) is 10.8. The normalized spacial score (nSPS) is 20.9. The second kappa shape index (κ2) is 8.57. The van der Waals surface area contributed by atoms with E-state index < -0.39 is 30.5 Å². The Kier molecular flexibility index (Phi) is 5.82. The highest BCUT2D eigenvalue weighted by atomic mass is 16.5. The van der Waals surface area contributed by atoms with E-state index in [1.807, 2.05) is 60.9 Å². The standard InChI is InChI=1S/C25H26N2O5/c1-15-13-21(16(2)26(15)18-9-5-4-6-10-18)22(28)14-32-25(31)17(3)27-23(29)19-11-7-8-12-20(19)24(27)30/h4-10,13,17,19-20H,11-12,14H2,1-3H3. The average Bonchev–Trinajstić information content (AvgIpc) is 3.24. The molecule has 3 unspecified atom stereocenters. The van der Waals surface area contributed by atoms with Gasteiger partial charge in [0.2, 0.25) is 17.6 Å². The van der Waals surface area contributed by atoms with E-state index in [2.05, 4.69) is 0 Å². The summed E-state index contributed by atoms with van der Waals surface area (Å²) >= 11 is 0. The van der Waals surface area contributed by atoms with Crippen LogP contribution in [0.2, 0.25) is 0 Å². The number of rotatable bonds is 6. The Balaban J connectivity index is 1.43. The minimum atomic E-state index is -1.06. The summed E-state index contributed by atoms with van der Waals surface area (Å²) in [5.74, 6) is -2.60. The zero-order chi connectivity index (χ0) is 23.0. The lowest BCUT2D eigenvalue weighted by Gasteiger charge is -2.21. The van der Waals surface area contributed by atoms with Crippen LogP contribution in [0, 0.1) is 25.7 Å². The fourth-order valence-corrected chi connectivity index (χ4v) is 4.67. The maximum Gasteiger partial charge on any atom is 0.329 e. The third-order valence-corrected chi connectivity index (χ3v) is 6.36. The molecule has 2 aromatic rings. The van der Waals surface area contributed by atoms with Crippen LogP contribution in [0.1, 0.15) is 41.5 Å². The molecule has 0 N–H and O–H groups in total. The van der Waals surface area contributed by atoms with Crippen LogP contribution in [0.15, 0.2) is 48.6 Å². The molecule has 0 radical (unpaired) electrons. The van der Waals surface area contributed by atoms with Crippen molar-refractivity contribution in [2.24, 2.45) is 11.8 Å². The summed E-state index contributed by atoms with van der Waals surface area (Å²) in [6.07, 6.45) is 4.79. The Bertz CT molecular complexity index is 1090. The monoisotopic (exact) mass is 434 g/mol. The molecule has 2 aliphatic rings. The van der Waals surface area contributed by atoms with Gasteiger partial charge in [-0.3, -0.25) is 19.3 Å². The third-order valence-electron chi connectivity index (χ3n) is 6.36. The number of likely N-dealkylation sites (tertiary alicyclic amines) is 1. The molecule has 7 nitrogen and oxygen atoms in total. The Morgan fingerprint density at radius 2 is 1.62 bits per heavy atom. The SMILES string of the molecule is Cc1cc(C(=O)COC(=O)C(C)N2C(=O)C3CC=CCC3C2=O)c(C)n1-c1ccccc1. The Morgan fingerprint density at radius 3 is 2.22 bits per heavy atom. The average molecular weight is 434 g/mol. The predicted molar refractivity (Wildman–Crippen MR) is 117 cm³/mol. The van der Waals surface area contributed by atoms with Crippen molar-refractivity contribution in [3.05, 3.63) is 65.5 Å². The Hall–Kier alpha value is -3.48. The molecule has 1 aromatic carbocycles. The van der Waals surface area contributed by atoms with Gasteiger partial charge in [-0.2, -0.15) is 0 Å². The molecule has 7 heteroatoms. The molecule has 1 aliphatic carbocycles. The van der Waals surface area contributed by atoms with Gasteiger partial charge in [-0.1, -0.05) is 30.4 Å². The lowest BCUT2D eigenvalue weighted by atomic mass is 9.85. The molecule has 1 aromatic heterocycles. The summed E-state index contributed by atoms with van der Waals surface area (Å²) < 4.78 is 7.20. The molecule has 1 saturated heterocycles. The number of allylic oxidation sites excluding steroid dienone is 2. The van der Waals surface area contributed by atoms with E-state index in [1.165, 1.54) is 6.92 Å². The molecule has 1 aliphatic heterocycles. The number of Topliss-reactive ketones (excluding diaryl/α,β-unsaturated/α-hetero) is 1. The van der Waals surface area contributed by atoms with E-state index in [-0.39, 0.29) is 17.6 Å². The van der Waals surface area contributed by atoms with Gasteiger partial charge in [0.05, 0.1) is 11.8 Å². The van der Waals surface area contributed by atoms with E-state index in [4.69, 9.17) is 4.74 Å². The number of ketones is 1. The lowest BCUT2D eigenvalue weighted by Crippen LogP contribution is -2.44. The van der Waals surface area contributed by atoms with Crippen molar-refractivity contribution in [1.82, 2.24) is 9.47 Å². The number of hydrogen-bond donors (Lipinski definition) is 0. The fraction of sp³-hybridized carbons (Fsp3) is 0.360. The van der Waals surface area contributed by atoms with E-state index in [0.717, 1.165) is 22.0 Å². The van der Waals surface area contributed by atoms with Gasteiger partial charge in [0.1, 0.15) is 6.04 Å². The fourth-order valence-electron chi connectivity index (χ4n) is 4.67. The number of aryl methyl sites for hydroxylation is 1.